The number of imidazole rings is 1. The maximum absolute atomic E-state index is 12.5. The van der Waals surface area contributed by atoms with Gasteiger partial charge in [-0.2, -0.15) is 5.10 Å². The van der Waals surface area contributed by atoms with Gasteiger partial charge in [0.25, 0.3) is 5.91 Å². The number of anilines is 1. The molecule has 0 bridgehead atoms. The molecule has 0 aliphatic heterocycles. The molecule has 0 saturated carbocycles. The molecule has 3 aromatic rings. The quantitative estimate of drug-likeness (QED) is 0.789. The third-order valence-corrected chi connectivity index (χ3v) is 3.89. The van der Waals surface area contributed by atoms with E-state index >= 15 is 0 Å². The van der Waals surface area contributed by atoms with Crippen molar-refractivity contribution in [3.05, 3.63) is 58.5 Å². The summed E-state index contributed by atoms with van der Waals surface area (Å²) >= 11 is 0. The Hall–Kier alpha value is -2.69. The lowest BCUT2D eigenvalue weighted by atomic mass is 10.1. The number of para-hydroxylation sites is 1. The Morgan fingerprint density at radius 1 is 1.05 bits per heavy atom. The number of carbonyl (C=O) groups is 1. The van der Waals surface area contributed by atoms with E-state index in [1.54, 1.807) is 10.6 Å². The predicted octanol–water partition coefficient (Wildman–Crippen LogP) is 3.22. The lowest BCUT2D eigenvalue weighted by Crippen LogP contribution is -2.16. The van der Waals surface area contributed by atoms with E-state index in [9.17, 15) is 4.79 Å². The summed E-state index contributed by atoms with van der Waals surface area (Å²) in [6, 6.07) is 9.43. The third-order valence-electron chi connectivity index (χ3n) is 3.89. The van der Waals surface area contributed by atoms with Crippen molar-refractivity contribution < 1.29 is 4.79 Å². The first kappa shape index (κ1) is 14.3. The summed E-state index contributed by atoms with van der Waals surface area (Å²) in [6.07, 6.45) is 0. The van der Waals surface area contributed by atoms with Crippen molar-refractivity contribution in [3.63, 3.8) is 0 Å². The van der Waals surface area contributed by atoms with Gasteiger partial charge in [0.2, 0.25) is 0 Å². The summed E-state index contributed by atoms with van der Waals surface area (Å²) in [4.78, 5) is 16.9. The molecule has 5 heteroatoms. The molecule has 112 valence electrons. The summed E-state index contributed by atoms with van der Waals surface area (Å²) in [6.45, 7) is 7.82. The Kier molecular flexibility index (Phi) is 3.41. The lowest BCUT2D eigenvalue weighted by Gasteiger charge is -2.11. The van der Waals surface area contributed by atoms with Gasteiger partial charge in [-0.1, -0.05) is 18.2 Å². The highest BCUT2D eigenvalue weighted by Crippen LogP contribution is 2.20. The third kappa shape index (κ3) is 2.35. The van der Waals surface area contributed by atoms with Gasteiger partial charge in [-0.15, -0.1) is 0 Å². The van der Waals surface area contributed by atoms with Crippen LogP contribution in [0.1, 0.15) is 33.0 Å². The van der Waals surface area contributed by atoms with Crippen LogP contribution in [0.25, 0.3) is 5.65 Å². The van der Waals surface area contributed by atoms with E-state index in [1.165, 1.54) is 0 Å². The van der Waals surface area contributed by atoms with Gasteiger partial charge in [-0.05, 0) is 51.0 Å². The van der Waals surface area contributed by atoms with E-state index in [0.717, 1.165) is 33.8 Å². The van der Waals surface area contributed by atoms with Crippen LogP contribution in [0.2, 0.25) is 0 Å². The molecule has 3 rings (SSSR count). The van der Waals surface area contributed by atoms with E-state index in [4.69, 9.17) is 0 Å². The molecule has 0 radical (unpaired) electrons. The number of aryl methyl sites for hydroxylation is 4. The Labute approximate surface area is 129 Å². The highest BCUT2D eigenvalue weighted by Gasteiger charge is 2.13. The largest absolute Gasteiger partial charge is 0.320 e. The maximum atomic E-state index is 12.5. The topological polar surface area (TPSA) is 59.3 Å². The second-order valence-corrected chi connectivity index (χ2v) is 5.49. The van der Waals surface area contributed by atoms with Gasteiger partial charge in [0.15, 0.2) is 5.65 Å². The number of nitrogens with one attached hydrogen (secondary N) is 1. The standard InChI is InChI=1S/C17H18N4O/c1-10-6-5-7-11(2)16(10)19-17(22)14-8-9-15-18-12(3)13(4)21(15)20-14/h5-9H,1-4H3,(H,19,22). The van der Waals surface area contributed by atoms with Crippen LogP contribution in [0.15, 0.2) is 30.3 Å². The first-order valence-electron chi connectivity index (χ1n) is 7.18. The average Bonchev–Trinajstić information content (AvgIpc) is 2.77. The molecule has 0 unspecified atom stereocenters. The van der Waals surface area contributed by atoms with Crippen LogP contribution >= 0.6 is 0 Å². The summed E-state index contributed by atoms with van der Waals surface area (Å²) in [7, 11) is 0. The fraction of sp³-hybridized carbons (Fsp3) is 0.235. The van der Waals surface area contributed by atoms with Crippen LogP contribution in [-0.4, -0.2) is 20.5 Å². The van der Waals surface area contributed by atoms with Crippen molar-refractivity contribution in [2.24, 2.45) is 0 Å². The van der Waals surface area contributed by atoms with Gasteiger partial charge in [0, 0.05) is 5.69 Å². The van der Waals surface area contributed by atoms with Gasteiger partial charge in [-0.3, -0.25) is 4.79 Å². The molecule has 1 amide bonds. The highest BCUT2D eigenvalue weighted by molar-refractivity contribution is 6.03. The zero-order valence-corrected chi connectivity index (χ0v) is 13.1. The molecule has 0 atom stereocenters. The van der Waals surface area contributed by atoms with Crippen molar-refractivity contribution in [1.29, 1.82) is 0 Å². The van der Waals surface area contributed by atoms with E-state index in [0.29, 0.717) is 5.69 Å². The van der Waals surface area contributed by atoms with Gasteiger partial charge < -0.3 is 5.32 Å². The van der Waals surface area contributed by atoms with Crippen molar-refractivity contribution in [2.45, 2.75) is 27.7 Å². The smallest absolute Gasteiger partial charge is 0.276 e. The molecule has 2 aromatic heterocycles. The minimum atomic E-state index is -0.218. The van der Waals surface area contributed by atoms with E-state index < -0.39 is 0 Å². The van der Waals surface area contributed by atoms with Crippen molar-refractivity contribution in [1.82, 2.24) is 14.6 Å². The second-order valence-electron chi connectivity index (χ2n) is 5.49. The van der Waals surface area contributed by atoms with E-state index in [-0.39, 0.29) is 5.91 Å². The maximum Gasteiger partial charge on any atom is 0.276 e. The molecule has 2 heterocycles. The number of benzene rings is 1. The number of nitrogens with zero attached hydrogens (tertiary/aromatic N) is 3. The van der Waals surface area contributed by atoms with Crippen molar-refractivity contribution in [3.8, 4) is 0 Å². The first-order valence-corrected chi connectivity index (χ1v) is 7.18. The molecular weight excluding hydrogens is 276 g/mol. The van der Waals surface area contributed by atoms with Crippen molar-refractivity contribution >= 4 is 17.2 Å². The van der Waals surface area contributed by atoms with Crippen LogP contribution in [0, 0.1) is 27.7 Å². The monoisotopic (exact) mass is 294 g/mol. The zero-order valence-electron chi connectivity index (χ0n) is 13.1. The van der Waals surface area contributed by atoms with Crippen molar-refractivity contribution in [2.75, 3.05) is 5.32 Å². The molecule has 0 fully saturated rings. The molecule has 0 aliphatic carbocycles. The fourth-order valence-electron chi connectivity index (χ4n) is 2.46. The molecule has 1 aromatic carbocycles. The Morgan fingerprint density at radius 2 is 1.73 bits per heavy atom. The Bertz CT molecular complexity index is 859. The molecule has 1 N–H and O–H groups in total. The molecular formula is C17H18N4O. The number of amides is 1. The SMILES string of the molecule is Cc1cccc(C)c1NC(=O)c1ccc2nc(C)c(C)n2n1. The minimum Gasteiger partial charge on any atom is -0.320 e. The van der Waals surface area contributed by atoms with Gasteiger partial charge >= 0.3 is 0 Å². The lowest BCUT2D eigenvalue weighted by molar-refractivity contribution is 0.102. The Morgan fingerprint density at radius 3 is 2.41 bits per heavy atom. The van der Waals surface area contributed by atoms with Crippen LogP contribution in [0.3, 0.4) is 0 Å². The summed E-state index contributed by atoms with van der Waals surface area (Å²) in [5.74, 6) is -0.218. The second kappa shape index (κ2) is 5.26. The number of fused-ring (bicyclic) bond motifs is 1. The van der Waals surface area contributed by atoms with Gasteiger partial charge in [-0.25, -0.2) is 9.50 Å². The molecule has 0 saturated heterocycles. The molecule has 0 spiro atoms. The Balaban J connectivity index is 1.97. The zero-order chi connectivity index (χ0) is 15.9. The van der Waals surface area contributed by atoms with E-state index in [1.807, 2.05) is 52.0 Å². The summed E-state index contributed by atoms with van der Waals surface area (Å²) in [5.41, 5.74) is 5.88. The van der Waals surface area contributed by atoms with Crippen LogP contribution in [-0.2, 0) is 0 Å². The van der Waals surface area contributed by atoms with Gasteiger partial charge in [0.1, 0.15) is 5.69 Å². The number of carbonyl (C=O) groups excluding carboxylic acids is 1. The van der Waals surface area contributed by atoms with Gasteiger partial charge in [0.05, 0.1) is 11.4 Å². The number of hydrogen-bond donors (Lipinski definition) is 1. The summed E-state index contributed by atoms with van der Waals surface area (Å²) < 4.78 is 1.70. The fourth-order valence-corrected chi connectivity index (χ4v) is 2.46. The van der Waals surface area contributed by atoms with E-state index in [2.05, 4.69) is 15.4 Å². The summed E-state index contributed by atoms with van der Waals surface area (Å²) in [5, 5.41) is 7.34. The van der Waals surface area contributed by atoms with Crippen LogP contribution < -0.4 is 5.32 Å². The number of aromatic nitrogens is 3. The van der Waals surface area contributed by atoms with Crippen LogP contribution in [0.5, 0.6) is 0 Å². The van der Waals surface area contributed by atoms with Crippen LogP contribution in [0.4, 0.5) is 5.69 Å². The molecule has 0 aliphatic rings. The highest BCUT2D eigenvalue weighted by atomic mass is 16.1. The number of rotatable bonds is 2. The predicted molar refractivity (Wildman–Crippen MR) is 86.3 cm³/mol. The molecule has 5 nitrogen and oxygen atoms in total. The normalized spacial score (nSPS) is 10.9. The molecule has 22 heavy (non-hydrogen) atoms. The average molecular weight is 294 g/mol. The first-order chi connectivity index (χ1) is 10.5. The minimum absolute atomic E-state index is 0.218. The number of hydrogen-bond acceptors (Lipinski definition) is 3.